The third-order valence-corrected chi connectivity index (χ3v) is 3.41. The molecule has 0 bridgehead atoms. The Morgan fingerprint density at radius 2 is 2.42 bits per heavy atom. The zero-order valence-electron chi connectivity index (χ0n) is 10.9. The Labute approximate surface area is 111 Å². The highest BCUT2D eigenvalue weighted by molar-refractivity contribution is 5.67. The normalized spacial score (nSPS) is 19.5. The molecular formula is C11H18N6O2. The van der Waals surface area contributed by atoms with E-state index >= 15 is 0 Å². The highest BCUT2D eigenvalue weighted by Gasteiger charge is 2.24. The summed E-state index contributed by atoms with van der Waals surface area (Å²) in [4.78, 5) is 20.3. The Hall–Kier alpha value is -1.96. The van der Waals surface area contributed by atoms with Crippen LogP contribution in [0.2, 0.25) is 0 Å². The van der Waals surface area contributed by atoms with Crippen LogP contribution in [-0.2, 0) is 0 Å². The third kappa shape index (κ3) is 3.08. The van der Waals surface area contributed by atoms with Gasteiger partial charge in [-0.2, -0.15) is 0 Å². The van der Waals surface area contributed by atoms with E-state index in [4.69, 9.17) is 5.73 Å². The Bertz CT molecular complexity index is 466. The van der Waals surface area contributed by atoms with Gasteiger partial charge in [-0.25, -0.2) is 9.97 Å². The van der Waals surface area contributed by atoms with Crippen LogP contribution in [0.3, 0.4) is 0 Å². The van der Waals surface area contributed by atoms with Crippen LogP contribution in [0.5, 0.6) is 0 Å². The summed E-state index contributed by atoms with van der Waals surface area (Å²) in [5, 5.41) is 14.0. The van der Waals surface area contributed by atoms with E-state index < -0.39 is 4.92 Å². The molecule has 1 aliphatic rings. The predicted molar refractivity (Wildman–Crippen MR) is 71.8 cm³/mol. The van der Waals surface area contributed by atoms with E-state index in [9.17, 15) is 10.1 Å². The minimum atomic E-state index is -0.551. The minimum Gasteiger partial charge on any atom is -0.378 e. The van der Waals surface area contributed by atoms with Gasteiger partial charge in [0, 0.05) is 13.1 Å². The fourth-order valence-electron chi connectivity index (χ4n) is 2.31. The molecule has 0 saturated carbocycles. The molecule has 2 heterocycles. The maximum absolute atomic E-state index is 10.9. The molecule has 19 heavy (non-hydrogen) atoms. The smallest absolute Gasteiger partial charge is 0.352 e. The molecule has 1 saturated heterocycles. The number of aromatic nitrogens is 2. The molecule has 0 spiro atoms. The molecule has 0 amide bonds. The van der Waals surface area contributed by atoms with Gasteiger partial charge in [-0.1, -0.05) is 6.92 Å². The Morgan fingerprint density at radius 1 is 1.63 bits per heavy atom. The standard InChI is InChI=1S/C11H18N6O2/c1-2-16-4-3-8(6-16)5-13-11-9(17(18)19)10(12)14-7-15-11/h7-8H,2-6H2,1H3,(H3,12,13,14,15). The van der Waals surface area contributed by atoms with Crippen molar-refractivity contribution in [3.8, 4) is 0 Å². The molecule has 3 N–H and O–H groups in total. The van der Waals surface area contributed by atoms with Crippen LogP contribution in [0.25, 0.3) is 0 Å². The molecule has 8 nitrogen and oxygen atoms in total. The monoisotopic (exact) mass is 266 g/mol. The molecule has 1 atom stereocenters. The largest absolute Gasteiger partial charge is 0.378 e. The number of nitrogens with zero attached hydrogens (tertiary/aromatic N) is 4. The van der Waals surface area contributed by atoms with Gasteiger partial charge in [0.2, 0.25) is 11.6 Å². The number of nitrogens with one attached hydrogen (secondary N) is 1. The van der Waals surface area contributed by atoms with Crippen molar-refractivity contribution in [3.05, 3.63) is 16.4 Å². The molecular weight excluding hydrogens is 248 g/mol. The summed E-state index contributed by atoms with van der Waals surface area (Å²) in [7, 11) is 0. The van der Waals surface area contributed by atoms with Gasteiger partial charge in [-0.05, 0) is 25.4 Å². The maximum Gasteiger partial charge on any atom is 0.352 e. The van der Waals surface area contributed by atoms with Crippen LogP contribution in [0.1, 0.15) is 13.3 Å². The van der Waals surface area contributed by atoms with Crippen molar-refractivity contribution in [1.29, 1.82) is 0 Å². The molecule has 1 aromatic rings. The Morgan fingerprint density at radius 3 is 3.05 bits per heavy atom. The van der Waals surface area contributed by atoms with Crippen LogP contribution in [0, 0.1) is 16.0 Å². The molecule has 104 valence electrons. The summed E-state index contributed by atoms with van der Waals surface area (Å²) >= 11 is 0. The molecule has 1 aliphatic heterocycles. The van der Waals surface area contributed by atoms with Crippen LogP contribution in [0.15, 0.2) is 6.33 Å². The van der Waals surface area contributed by atoms with E-state index in [0.29, 0.717) is 12.5 Å². The highest BCUT2D eigenvalue weighted by atomic mass is 16.6. The van der Waals surface area contributed by atoms with Crippen molar-refractivity contribution in [2.75, 3.05) is 37.2 Å². The first kappa shape index (κ1) is 13.5. The molecule has 1 unspecified atom stereocenters. The average molecular weight is 266 g/mol. The van der Waals surface area contributed by atoms with Gasteiger partial charge in [-0.3, -0.25) is 10.1 Å². The topological polar surface area (TPSA) is 110 Å². The van der Waals surface area contributed by atoms with Gasteiger partial charge >= 0.3 is 5.69 Å². The summed E-state index contributed by atoms with van der Waals surface area (Å²) in [5.74, 6) is 0.576. The second-order valence-corrected chi connectivity index (χ2v) is 4.64. The van der Waals surface area contributed by atoms with Gasteiger partial charge in [0.1, 0.15) is 6.33 Å². The SMILES string of the molecule is CCN1CCC(CNc2ncnc(N)c2[N+](=O)[O-])C1. The fraction of sp³-hybridized carbons (Fsp3) is 0.636. The zero-order chi connectivity index (χ0) is 13.8. The number of likely N-dealkylation sites (tertiary alicyclic amines) is 1. The lowest BCUT2D eigenvalue weighted by Crippen LogP contribution is -2.23. The molecule has 1 fully saturated rings. The van der Waals surface area contributed by atoms with E-state index in [0.717, 1.165) is 26.1 Å². The lowest BCUT2D eigenvalue weighted by molar-refractivity contribution is -0.383. The molecule has 8 heteroatoms. The summed E-state index contributed by atoms with van der Waals surface area (Å²) in [5.41, 5.74) is 5.27. The molecule has 2 rings (SSSR count). The first-order chi connectivity index (χ1) is 9.11. The number of rotatable bonds is 5. The Kier molecular flexibility index (Phi) is 4.10. The van der Waals surface area contributed by atoms with E-state index in [1.807, 2.05) is 0 Å². The van der Waals surface area contributed by atoms with E-state index in [-0.39, 0.29) is 17.3 Å². The number of nitrogen functional groups attached to an aromatic ring is 1. The number of hydrogen-bond donors (Lipinski definition) is 2. The van der Waals surface area contributed by atoms with Gasteiger partial charge in [0.25, 0.3) is 0 Å². The van der Waals surface area contributed by atoms with Gasteiger partial charge in [0.05, 0.1) is 4.92 Å². The first-order valence-corrected chi connectivity index (χ1v) is 6.33. The highest BCUT2D eigenvalue weighted by Crippen LogP contribution is 2.27. The van der Waals surface area contributed by atoms with Crippen molar-refractivity contribution >= 4 is 17.3 Å². The van der Waals surface area contributed by atoms with Crippen LogP contribution >= 0.6 is 0 Å². The van der Waals surface area contributed by atoms with E-state index in [1.54, 1.807) is 0 Å². The van der Waals surface area contributed by atoms with Crippen molar-refractivity contribution in [1.82, 2.24) is 14.9 Å². The molecule has 1 aromatic heterocycles. The number of anilines is 2. The quantitative estimate of drug-likeness (QED) is 0.596. The van der Waals surface area contributed by atoms with E-state index in [2.05, 4.69) is 27.1 Å². The second-order valence-electron chi connectivity index (χ2n) is 4.64. The summed E-state index contributed by atoms with van der Waals surface area (Å²) in [6.07, 6.45) is 2.33. The van der Waals surface area contributed by atoms with E-state index in [1.165, 1.54) is 6.33 Å². The number of hydrogen-bond acceptors (Lipinski definition) is 7. The zero-order valence-corrected chi connectivity index (χ0v) is 10.9. The van der Waals surface area contributed by atoms with Crippen LogP contribution in [-0.4, -0.2) is 46.0 Å². The van der Waals surface area contributed by atoms with Crippen LogP contribution in [0.4, 0.5) is 17.3 Å². The average Bonchev–Trinajstić information content (AvgIpc) is 2.83. The number of nitro groups is 1. The summed E-state index contributed by atoms with van der Waals surface area (Å²) in [6, 6.07) is 0. The van der Waals surface area contributed by atoms with Gasteiger partial charge < -0.3 is 16.0 Å². The third-order valence-electron chi connectivity index (χ3n) is 3.41. The second kappa shape index (κ2) is 5.79. The lowest BCUT2D eigenvalue weighted by Gasteiger charge is -2.14. The first-order valence-electron chi connectivity index (χ1n) is 6.33. The fourth-order valence-corrected chi connectivity index (χ4v) is 2.31. The van der Waals surface area contributed by atoms with Crippen molar-refractivity contribution in [2.24, 2.45) is 5.92 Å². The maximum atomic E-state index is 10.9. The van der Waals surface area contributed by atoms with Crippen molar-refractivity contribution < 1.29 is 4.92 Å². The van der Waals surface area contributed by atoms with Gasteiger partial charge in [0.15, 0.2) is 0 Å². The summed E-state index contributed by atoms with van der Waals surface area (Å²) < 4.78 is 0. The van der Waals surface area contributed by atoms with Gasteiger partial charge in [-0.15, -0.1) is 0 Å². The minimum absolute atomic E-state index is 0.107. The van der Waals surface area contributed by atoms with Crippen molar-refractivity contribution in [3.63, 3.8) is 0 Å². The molecule has 0 aliphatic carbocycles. The molecule has 0 radical (unpaired) electrons. The lowest BCUT2D eigenvalue weighted by atomic mass is 10.1. The Balaban J connectivity index is 2.00. The van der Waals surface area contributed by atoms with Crippen molar-refractivity contribution in [2.45, 2.75) is 13.3 Å². The number of nitrogens with two attached hydrogens (primary N) is 1. The molecule has 0 aromatic carbocycles. The summed E-state index contributed by atoms with van der Waals surface area (Å²) in [6.45, 7) is 5.92. The predicted octanol–water partition coefficient (Wildman–Crippen LogP) is 0.721. The van der Waals surface area contributed by atoms with Crippen LogP contribution < -0.4 is 11.1 Å².